The molecule has 1 saturated carbocycles. The van der Waals surface area contributed by atoms with Gasteiger partial charge in [0.15, 0.2) is 0 Å². The lowest BCUT2D eigenvalue weighted by Gasteiger charge is -2.28. The molecular weight excluding hydrogens is 248 g/mol. The van der Waals surface area contributed by atoms with Gasteiger partial charge in [0.25, 0.3) is 0 Å². The zero-order chi connectivity index (χ0) is 8.89. The molecule has 2 heterocycles. The zero-order valence-electron chi connectivity index (χ0n) is 7.25. The Balaban J connectivity index is 2.06. The topological polar surface area (TPSA) is 9.23 Å². The van der Waals surface area contributed by atoms with E-state index < -0.39 is 0 Å². The molecule has 1 aliphatic carbocycles. The molecule has 0 amide bonds. The first-order valence-electron chi connectivity index (χ1n) is 4.61. The molecule has 13 heavy (non-hydrogen) atoms. The van der Waals surface area contributed by atoms with E-state index in [0.717, 1.165) is 11.9 Å². The Kier molecular flexibility index (Phi) is 1.83. The largest absolute Gasteiger partial charge is 0.371 e. The Morgan fingerprint density at radius 1 is 1.62 bits per heavy atom. The van der Waals surface area contributed by atoms with Crippen molar-refractivity contribution in [2.45, 2.75) is 24.4 Å². The van der Waals surface area contributed by atoms with Gasteiger partial charge in [-0.15, -0.1) is 11.3 Å². The van der Waals surface area contributed by atoms with E-state index in [9.17, 15) is 0 Å². The molecule has 1 nitrogen and oxygen atoms in total. The van der Waals surface area contributed by atoms with E-state index in [0.29, 0.717) is 11.5 Å². The maximum atomic E-state index is 5.85. The number of hydrogen-bond acceptors (Lipinski definition) is 2. The van der Waals surface area contributed by atoms with Gasteiger partial charge in [0, 0.05) is 15.6 Å². The van der Waals surface area contributed by atoms with Crippen LogP contribution in [0.4, 0.5) is 0 Å². The van der Waals surface area contributed by atoms with Gasteiger partial charge in [0.05, 0.1) is 6.61 Å². The van der Waals surface area contributed by atoms with Crippen LogP contribution < -0.4 is 0 Å². The van der Waals surface area contributed by atoms with Crippen LogP contribution in [0.5, 0.6) is 0 Å². The van der Waals surface area contributed by atoms with E-state index in [2.05, 4.69) is 27.4 Å². The van der Waals surface area contributed by atoms with Gasteiger partial charge >= 0.3 is 0 Å². The first kappa shape index (κ1) is 8.45. The Morgan fingerprint density at radius 2 is 2.46 bits per heavy atom. The lowest BCUT2D eigenvalue weighted by molar-refractivity contribution is 0.0403. The molecule has 2 aliphatic rings. The van der Waals surface area contributed by atoms with E-state index >= 15 is 0 Å². The molecule has 0 N–H and O–H groups in total. The molecule has 0 bridgehead atoms. The second-order valence-corrected chi connectivity index (χ2v) is 5.53. The summed E-state index contributed by atoms with van der Waals surface area (Å²) >= 11 is 5.35. The summed E-state index contributed by atoms with van der Waals surface area (Å²) in [5.74, 6) is 0. The van der Waals surface area contributed by atoms with Crippen molar-refractivity contribution in [2.24, 2.45) is 0 Å². The summed E-state index contributed by atoms with van der Waals surface area (Å²) in [5, 5.41) is 3.13. The molecule has 1 aromatic heterocycles. The minimum atomic E-state index is 0.307. The third kappa shape index (κ3) is 1.14. The normalized spacial score (nSPS) is 28.8. The van der Waals surface area contributed by atoms with Crippen LogP contribution in [0.1, 0.15) is 29.4 Å². The van der Waals surface area contributed by atoms with Crippen molar-refractivity contribution in [3.8, 4) is 0 Å². The van der Waals surface area contributed by atoms with Gasteiger partial charge in [-0.3, -0.25) is 0 Å². The second kappa shape index (κ2) is 2.81. The molecular formula is C10H11BrOS. The van der Waals surface area contributed by atoms with Crippen LogP contribution in [0, 0.1) is 0 Å². The van der Waals surface area contributed by atoms with E-state index in [1.54, 1.807) is 5.56 Å². The van der Waals surface area contributed by atoms with Crippen molar-refractivity contribution in [3.05, 3.63) is 21.9 Å². The van der Waals surface area contributed by atoms with Gasteiger partial charge in [0.2, 0.25) is 0 Å². The van der Waals surface area contributed by atoms with Gasteiger partial charge in [-0.25, -0.2) is 0 Å². The average molecular weight is 259 g/mol. The van der Waals surface area contributed by atoms with Crippen LogP contribution >= 0.6 is 27.3 Å². The minimum absolute atomic E-state index is 0.307. The highest BCUT2D eigenvalue weighted by Crippen LogP contribution is 2.55. The lowest BCUT2D eigenvalue weighted by atomic mass is 9.94. The van der Waals surface area contributed by atoms with E-state index in [4.69, 9.17) is 4.74 Å². The molecule has 1 aromatic rings. The third-order valence-corrected chi connectivity index (χ3v) is 4.71. The van der Waals surface area contributed by atoms with Crippen LogP contribution in [-0.2, 0) is 10.2 Å². The van der Waals surface area contributed by atoms with Crippen molar-refractivity contribution >= 4 is 27.3 Å². The third-order valence-electron chi connectivity index (χ3n) is 3.11. The highest BCUT2D eigenvalue weighted by Gasteiger charge is 2.49. The van der Waals surface area contributed by atoms with E-state index in [-0.39, 0.29) is 0 Å². The fourth-order valence-electron chi connectivity index (χ4n) is 2.10. The zero-order valence-corrected chi connectivity index (χ0v) is 9.66. The van der Waals surface area contributed by atoms with Crippen molar-refractivity contribution in [2.75, 3.05) is 11.9 Å². The first-order valence-corrected chi connectivity index (χ1v) is 6.61. The minimum Gasteiger partial charge on any atom is -0.371 e. The highest BCUT2D eigenvalue weighted by atomic mass is 79.9. The number of hydrogen-bond donors (Lipinski definition) is 0. The molecule has 1 aliphatic heterocycles. The summed E-state index contributed by atoms with van der Waals surface area (Å²) in [4.78, 5) is 1.46. The molecule has 3 rings (SSSR count). The van der Waals surface area contributed by atoms with Crippen molar-refractivity contribution in [1.82, 2.24) is 0 Å². The number of halogens is 1. The molecule has 0 aromatic carbocycles. The van der Waals surface area contributed by atoms with Crippen molar-refractivity contribution in [3.63, 3.8) is 0 Å². The van der Waals surface area contributed by atoms with Gasteiger partial charge in [0.1, 0.15) is 6.10 Å². The molecule has 1 spiro atoms. The molecule has 1 unspecified atom stereocenters. The Hall–Kier alpha value is 0.140. The number of rotatable bonds is 1. The first-order chi connectivity index (χ1) is 6.36. The van der Waals surface area contributed by atoms with Gasteiger partial charge in [-0.2, -0.15) is 0 Å². The highest BCUT2D eigenvalue weighted by molar-refractivity contribution is 9.09. The maximum absolute atomic E-state index is 5.85. The molecule has 0 saturated heterocycles. The van der Waals surface area contributed by atoms with Crippen LogP contribution in [0.2, 0.25) is 0 Å². The molecule has 0 radical (unpaired) electrons. The molecule has 1 atom stereocenters. The fraction of sp³-hybridized carbons (Fsp3) is 0.600. The Labute approximate surface area is 90.2 Å². The standard InChI is InChI=1S/C10H11BrOS/c11-5-8-9-7(1-4-13-9)10(2-3-10)6-12-8/h1,4,8H,2-3,5-6H2. The number of alkyl halides is 1. The fourth-order valence-corrected chi connectivity index (χ4v) is 3.89. The number of fused-ring (bicyclic) bond motifs is 2. The van der Waals surface area contributed by atoms with Crippen LogP contribution in [0.3, 0.4) is 0 Å². The maximum Gasteiger partial charge on any atom is 0.102 e. The molecule has 3 heteroatoms. The van der Waals surface area contributed by atoms with E-state index in [1.165, 1.54) is 17.7 Å². The molecule has 70 valence electrons. The van der Waals surface area contributed by atoms with E-state index in [1.807, 2.05) is 11.3 Å². The monoisotopic (exact) mass is 258 g/mol. The lowest BCUT2D eigenvalue weighted by Crippen LogP contribution is -2.25. The second-order valence-electron chi connectivity index (χ2n) is 3.93. The Morgan fingerprint density at radius 3 is 3.15 bits per heavy atom. The average Bonchev–Trinajstić information content (AvgIpc) is 2.76. The van der Waals surface area contributed by atoms with Gasteiger partial charge in [-0.1, -0.05) is 15.9 Å². The van der Waals surface area contributed by atoms with Gasteiger partial charge in [-0.05, 0) is 29.9 Å². The predicted octanol–water partition coefficient (Wildman–Crippen LogP) is 3.25. The predicted molar refractivity (Wildman–Crippen MR) is 57.7 cm³/mol. The summed E-state index contributed by atoms with van der Waals surface area (Å²) in [6.07, 6.45) is 2.96. The van der Waals surface area contributed by atoms with Gasteiger partial charge < -0.3 is 4.74 Å². The van der Waals surface area contributed by atoms with Crippen molar-refractivity contribution in [1.29, 1.82) is 0 Å². The number of thiophene rings is 1. The summed E-state index contributed by atoms with van der Waals surface area (Å²) in [6, 6.07) is 2.30. The summed E-state index contributed by atoms with van der Waals surface area (Å²) in [7, 11) is 0. The Bertz CT molecular complexity index is 329. The SMILES string of the molecule is BrCC1OCC2(CC2)c2ccsc21. The summed E-state index contributed by atoms with van der Waals surface area (Å²) < 4.78 is 5.85. The molecule has 1 fully saturated rings. The summed E-state index contributed by atoms with van der Waals surface area (Å²) in [5.41, 5.74) is 2.02. The van der Waals surface area contributed by atoms with Crippen LogP contribution in [-0.4, -0.2) is 11.9 Å². The smallest absolute Gasteiger partial charge is 0.102 e. The quantitative estimate of drug-likeness (QED) is 0.703. The van der Waals surface area contributed by atoms with Crippen molar-refractivity contribution < 1.29 is 4.74 Å². The van der Waals surface area contributed by atoms with Crippen LogP contribution in [0.15, 0.2) is 11.4 Å². The summed E-state index contributed by atoms with van der Waals surface area (Å²) in [6.45, 7) is 0.938. The number of ether oxygens (including phenoxy) is 1. The van der Waals surface area contributed by atoms with Crippen LogP contribution in [0.25, 0.3) is 0 Å².